The molecule has 7 heteroatoms. The molecule has 1 N–H and O–H groups in total. The molecule has 2 rings (SSSR count). The summed E-state index contributed by atoms with van der Waals surface area (Å²) in [5.41, 5.74) is 1.06. The van der Waals surface area contributed by atoms with Gasteiger partial charge in [0, 0.05) is 12.1 Å². The van der Waals surface area contributed by atoms with Gasteiger partial charge in [-0.25, -0.2) is 4.79 Å². The summed E-state index contributed by atoms with van der Waals surface area (Å²) in [4.78, 5) is 23.4. The summed E-state index contributed by atoms with van der Waals surface area (Å²) in [6.45, 7) is 2.41. The number of esters is 1. The van der Waals surface area contributed by atoms with Gasteiger partial charge in [-0.05, 0) is 30.7 Å². The Morgan fingerprint density at radius 1 is 1.22 bits per heavy atom. The molecule has 1 aromatic carbocycles. The SMILES string of the molecule is CCCCCNC(=O)COC(=O)c1ccc(-c2nnco2)cc1. The molecular weight excluding hydrogens is 298 g/mol. The average Bonchev–Trinajstić information content (AvgIpc) is 3.11. The fourth-order valence-electron chi connectivity index (χ4n) is 1.92. The zero-order valence-corrected chi connectivity index (χ0v) is 12.9. The van der Waals surface area contributed by atoms with Crippen LogP contribution in [0.2, 0.25) is 0 Å². The van der Waals surface area contributed by atoms with Crippen LogP contribution in [0, 0.1) is 0 Å². The molecule has 0 saturated carbocycles. The summed E-state index contributed by atoms with van der Waals surface area (Å²) in [7, 11) is 0. The van der Waals surface area contributed by atoms with Crippen LogP contribution in [0.1, 0.15) is 36.5 Å². The van der Waals surface area contributed by atoms with Crippen molar-refractivity contribution in [3.63, 3.8) is 0 Å². The van der Waals surface area contributed by atoms with E-state index < -0.39 is 5.97 Å². The van der Waals surface area contributed by atoms with Crippen molar-refractivity contribution in [2.75, 3.05) is 13.2 Å². The van der Waals surface area contributed by atoms with Crippen LogP contribution in [0.3, 0.4) is 0 Å². The number of ether oxygens (including phenoxy) is 1. The lowest BCUT2D eigenvalue weighted by Gasteiger charge is -2.06. The van der Waals surface area contributed by atoms with E-state index in [1.54, 1.807) is 24.3 Å². The molecule has 0 aliphatic rings. The van der Waals surface area contributed by atoms with Crippen LogP contribution in [-0.2, 0) is 9.53 Å². The first-order chi connectivity index (χ1) is 11.2. The fraction of sp³-hybridized carbons (Fsp3) is 0.375. The quantitative estimate of drug-likeness (QED) is 0.592. The van der Waals surface area contributed by atoms with Crippen LogP contribution >= 0.6 is 0 Å². The first kappa shape index (κ1) is 16.7. The van der Waals surface area contributed by atoms with E-state index in [2.05, 4.69) is 22.4 Å². The third kappa shape index (κ3) is 5.21. The minimum Gasteiger partial charge on any atom is -0.452 e. The summed E-state index contributed by atoms with van der Waals surface area (Å²) >= 11 is 0. The monoisotopic (exact) mass is 317 g/mol. The molecule has 0 unspecified atom stereocenters. The molecule has 122 valence electrons. The van der Waals surface area contributed by atoms with Gasteiger partial charge in [0.2, 0.25) is 12.3 Å². The predicted molar refractivity (Wildman–Crippen MR) is 82.6 cm³/mol. The number of hydrogen-bond acceptors (Lipinski definition) is 6. The third-order valence-corrected chi connectivity index (χ3v) is 3.16. The highest BCUT2D eigenvalue weighted by molar-refractivity contribution is 5.91. The second-order valence-electron chi connectivity index (χ2n) is 4.95. The lowest BCUT2D eigenvalue weighted by molar-refractivity contribution is -0.124. The summed E-state index contributed by atoms with van der Waals surface area (Å²) < 4.78 is 10.0. The number of nitrogens with zero attached hydrogens (tertiary/aromatic N) is 2. The lowest BCUT2D eigenvalue weighted by Crippen LogP contribution is -2.29. The van der Waals surface area contributed by atoms with Crippen LogP contribution in [-0.4, -0.2) is 35.2 Å². The summed E-state index contributed by atoms with van der Waals surface area (Å²) in [6.07, 6.45) is 4.31. The second kappa shape index (κ2) is 8.67. The number of carbonyl (C=O) groups excluding carboxylic acids is 2. The number of carbonyl (C=O) groups is 2. The van der Waals surface area contributed by atoms with Crippen molar-refractivity contribution in [2.45, 2.75) is 26.2 Å². The molecule has 7 nitrogen and oxygen atoms in total. The van der Waals surface area contributed by atoms with Gasteiger partial charge in [-0.15, -0.1) is 10.2 Å². The van der Waals surface area contributed by atoms with E-state index in [9.17, 15) is 9.59 Å². The highest BCUT2D eigenvalue weighted by Gasteiger charge is 2.11. The van der Waals surface area contributed by atoms with E-state index >= 15 is 0 Å². The first-order valence-corrected chi connectivity index (χ1v) is 7.51. The number of hydrogen-bond donors (Lipinski definition) is 1. The summed E-state index contributed by atoms with van der Waals surface area (Å²) in [6, 6.07) is 6.52. The van der Waals surface area contributed by atoms with E-state index in [1.807, 2.05) is 0 Å². The van der Waals surface area contributed by atoms with Crippen LogP contribution in [0.4, 0.5) is 0 Å². The Kier molecular flexibility index (Phi) is 6.28. The van der Waals surface area contributed by atoms with E-state index in [0.717, 1.165) is 19.3 Å². The number of benzene rings is 1. The van der Waals surface area contributed by atoms with Gasteiger partial charge in [0.1, 0.15) is 0 Å². The molecule has 0 bridgehead atoms. The van der Waals surface area contributed by atoms with Crippen molar-refractivity contribution in [1.29, 1.82) is 0 Å². The Morgan fingerprint density at radius 2 is 2.00 bits per heavy atom. The highest BCUT2D eigenvalue weighted by atomic mass is 16.5. The van der Waals surface area contributed by atoms with Gasteiger partial charge < -0.3 is 14.5 Å². The molecule has 1 aromatic heterocycles. The molecule has 23 heavy (non-hydrogen) atoms. The van der Waals surface area contributed by atoms with E-state index in [-0.39, 0.29) is 12.5 Å². The Balaban J connectivity index is 1.78. The Labute approximate surface area is 134 Å². The molecule has 1 heterocycles. The maximum absolute atomic E-state index is 11.9. The van der Waals surface area contributed by atoms with Crippen molar-refractivity contribution in [1.82, 2.24) is 15.5 Å². The third-order valence-electron chi connectivity index (χ3n) is 3.16. The van der Waals surface area contributed by atoms with Crippen LogP contribution < -0.4 is 5.32 Å². The normalized spacial score (nSPS) is 10.3. The molecule has 0 spiro atoms. The van der Waals surface area contributed by atoms with Crippen molar-refractivity contribution in [3.8, 4) is 11.5 Å². The largest absolute Gasteiger partial charge is 0.452 e. The van der Waals surface area contributed by atoms with Crippen LogP contribution in [0.5, 0.6) is 0 Å². The number of unbranched alkanes of at least 4 members (excludes halogenated alkanes) is 2. The van der Waals surface area contributed by atoms with E-state index in [4.69, 9.17) is 9.15 Å². The average molecular weight is 317 g/mol. The summed E-state index contributed by atoms with van der Waals surface area (Å²) in [5.74, 6) is -0.473. The number of nitrogens with one attached hydrogen (secondary N) is 1. The molecule has 0 aliphatic heterocycles. The molecule has 1 amide bonds. The standard InChI is InChI=1S/C16H19N3O4/c1-2-3-4-9-17-14(20)10-22-16(21)13-7-5-12(6-8-13)15-19-18-11-23-15/h5-8,11H,2-4,9-10H2,1H3,(H,17,20). The van der Waals surface area contributed by atoms with Gasteiger partial charge in [-0.3, -0.25) is 4.79 Å². The second-order valence-corrected chi connectivity index (χ2v) is 4.95. The molecule has 0 fully saturated rings. The predicted octanol–water partition coefficient (Wildman–Crippen LogP) is 2.20. The molecule has 0 aliphatic carbocycles. The number of aromatic nitrogens is 2. The van der Waals surface area contributed by atoms with Gasteiger partial charge in [0.05, 0.1) is 5.56 Å². The fourth-order valence-corrected chi connectivity index (χ4v) is 1.92. The smallest absolute Gasteiger partial charge is 0.338 e. The van der Waals surface area contributed by atoms with Gasteiger partial charge in [-0.2, -0.15) is 0 Å². The minimum atomic E-state index is -0.550. The van der Waals surface area contributed by atoms with Crippen molar-refractivity contribution in [3.05, 3.63) is 36.2 Å². The first-order valence-electron chi connectivity index (χ1n) is 7.51. The van der Waals surface area contributed by atoms with Gasteiger partial charge in [0.25, 0.3) is 5.91 Å². The zero-order valence-electron chi connectivity index (χ0n) is 12.9. The van der Waals surface area contributed by atoms with Crippen molar-refractivity contribution < 1.29 is 18.7 Å². The number of amides is 1. The van der Waals surface area contributed by atoms with Gasteiger partial charge in [0.15, 0.2) is 6.61 Å². The van der Waals surface area contributed by atoms with Crippen LogP contribution in [0.15, 0.2) is 35.1 Å². The van der Waals surface area contributed by atoms with Crippen LogP contribution in [0.25, 0.3) is 11.5 Å². The Morgan fingerprint density at radius 3 is 2.65 bits per heavy atom. The molecule has 0 radical (unpaired) electrons. The molecule has 0 saturated heterocycles. The lowest BCUT2D eigenvalue weighted by atomic mass is 10.1. The topological polar surface area (TPSA) is 94.3 Å². The maximum atomic E-state index is 11.9. The molecule has 2 aromatic rings. The highest BCUT2D eigenvalue weighted by Crippen LogP contribution is 2.16. The number of rotatable bonds is 8. The Bertz CT molecular complexity index is 623. The van der Waals surface area contributed by atoms with E-state index in [0.29, 0.717) is 23.6 Å². The molecule has 0 atom stereocenters. The molecular formula is C16H19N3O4. The Hall–Kier alpha value is -2.70. The zero-order chi connectivity index (χ0) is 16.5. The van der Waals surface area contributed by atoms with Gasteiger partial charge in [-0.1, -0.05) is 19.8 Å². The summed E-state index contributed by atoms with van der Waals surface area (Å²) in [5, 5.41) is 10.1. The minimum absolute atomic E-state index is 0.281. The van der Waals surface area contributed by atoms with E-state index in [1.165, 1.54) is 6.39 Å². The van der Waals surface area contributed by atoms with Crippen molar-refractivity contribution >= 4 is 11.9 Å². The maximum Gasteiger partial charge on any atom is 0.338 e. The van der Waals surface area contributed by atoms with Crippen molar-refractivity contribution in [2.24, 2.45) is 0 Å². The van der Waals surface area contributed by atoms with Gasteiger partial charge >= 0.3 is 5.97 Å².